The fourth-order valence-corrected chi connectivity index (χ4v) is 4.13. The predicted octanol–water partition coefficient (Wildman–Crippen LogP) is 3.96. The topological polar surface area (TPSA) is 58.2 Å². The number of nitrogens with one attached hydrogen (secondary N) is 2. The SMILES string of the molecule is O=C(CC1Sc2ccccc2NC1=O)NCc1ccc2ccccc2c1. The lowest BCUT2D eigenvalue weighted by Gasteiger charge is -2.23. The Hall–Kier alpha value is -2.79. The highest BCUT2D eigenvalue weighted by Gasteiger charge is 2.28. The van der Waals surface area contributed by atoms with Crippen LogP contribution in [-0.4, -0.2) is 17.1 Å². The Bertz CT molecular complexity index is 986. The monoisotopic (exact) mass is 362 g/mol. The molecule has 0 aromatic heterocycles. The summed E-state index contributed by atoms with van der Waals surface area (Å²) < 4.78 is 0. The molecule has 0 saturated carbocycles. The van der Waals surface area contributed by atoms with Gasteiger partial charge in [-0.15, -0.1) is 11.8 Å². The first kappa shape index (κ1) is 16.7. The van der Waals surface area contributed by atoms with Crippen molar-refractivity contribution >= 4 is 40.0 Å². The second-order valence-corrected chi connectivity index (χ2v) is 7.50. The molecule has 0 spiro atoms. The summed E-state index contributed by atoms with van der Waals surface area (Å²) >= 11 is 1.44. The smallest absolute Gasteiger partial charge is 0.238 e. The molecule has 3 aromatic carbocycles. The number of hydrogen-bond acceptors (Lipinski definition) is 3. The van der Waals surface area contributed by atoms with Gasteiger partial charge in [-0.3, -0.25) is 9.59 Å². The Morgan fingerprint density at radius 3 is 2.65 bits per heavy atom. The Morgan fingerprint density at radius 2 is 1.77 bits per heavy atom. The van der Waals surface area contributed by atoms with Crippen LogP contribution in [0.2, 0.25) is 0 Å². The molecule has 0 bridgehead atoms. The molecule has 1 heterocycles. The average Bonchev–Trinajstić information content (AvgIpc) is 2.67. The standard InChI is InChI=1S/C21H18N2O2S/c24-20(12-19-21(25)23-17-7-3-4-8-18(17)26-19)22-13-14-9-10-15-5-1-2-6-16(15)11-14/h1-11,19H,12-13H2,(H,22,24)(H,23,25). The maximum atomic E-state index is 12.3. The summed E-state index contributed by atoms with van der Waals surface area (Å²) in [7, 11) is 0. The van der Waals surface area contributed by atoms with E-state index >= 15 is 0 Å². The summed E-state index contributed by atoms with van der Waals surface area (Å²) in [6.07, 6.45) is 0.165. The molecule has 2 N–H and O–H groups in total. The third-order valence-electron chi connectivity index (χ3n) is 4.38. The van der Waals surface area contributed by atoms with Crippen molar-refractivity contribution in [3.63, 3.8) is 0 Å². The van der Waals surface area contributed by atoms with Gasteiger partial charge in [-0.1, -0.05) is 48.5 Å². The van der Waals surface area contributed by atoms with Crippen molar-refractivity contribution in [2.45, 2.75) is 23.1 Å². The van der Waals surface area contributed by atoms with Crippen LogP contribution in [0.5, 0.6) is 0 Å². The molecule has 1 aliphatic heterocycles. The largest absolute Gasteiger partial charge is 0.352 e. The summed E-state index contributed by atoms with van der Waals surface area (Å²) in [4.78, 5) is 25.5. The molecular weight excluding hydrogens is 344 g/mol. The van der Waals surface area contributed by atoms with E-state index in [2.05, 4.69) is 34.9 Å². The van der Waals surface area contributed by atoms with Gasteiger partial charge in [-0.25, -0.2) is 0 Å². The molecule has 1 aliphatic rings. The lowest BCUT2D eigenvalue weighted by Crippen LogP contribution is -2.34. The zero-order chi connectivity index (χ0) is 17.9. The molecule has 4 nitrogen and oxygen atoms in total. The predicted molar refractivity (Wildman–Crippen MR) is 105 cm³/mol. The van der Waals surface area contributed by atoms with Gasteiger partial charge in [0.2, 0.25) is 11.8 Å². The highest BCUT2D eigenvalue weighted by molar-refractivity contribution is 8.01. The molecule has 2 amide bonds. The van der Waals surface area contributed by atoms with Crippen LogP contribution in [0.3, 0.4) is 0 Å². The van der Waals surface area contributed by atoms with Gasteiger partial charge >= 0.3 is 0 Å². The summed E-state index contributed by atoms with van der Waals surface area (Å²) in [6.45, 7) is 0.458. The van der Waals surface area contributed by atoms with Crippen LogP contribution in [0.15, 0.2) is 71.6 Å². The second kappa shape index (κ2) is 7.22. The number of anilines is 1. The van der Waals surface area contributed by atoms with Gasteiger partial charge in [0, 0.05) is 17.9 Å². The number of para-hydroxylation sites is 1. The maximum absolute atomic E-state index is 12.3. The fraction of sp³-hybridized carbons (Fsp3) is 0.143. The first-order chi connectivity index (χ1) is 12.7. The summed E-state index contributed by atoms with van der Waals surface area (Å²) in [6, 6.07) is 21.9. The van der Waals surface area contributed by atoms with Crippen molar-refractivity contribution in [3.8, 4) is 0 Å². The first-order valence-corrected chi connectivity index (χ1v) is 9.38. The minimum Gasteiger partial charge on any atom is -0.352 e. The molecule has 3 aromatic rings. The maximum Gasteiger partial charge on any atom is 0.238 e. The van der Waals surface area contributed by atoms with Crippen molar-refractivity contribution in [3.05, 3.63) is 72.3 Å². The van der Waals surface area contributed by atoms with Crippen LogP contribution in [0.25, 0.3) is 10.8 Å². The third-order valence-corrected chi connectivity index (χ3v) is 5.66. The molecular formula is C21H18N2O2S. The first-order valence-electron chi connectivity index (χ1n) is 8.50. The molecule has 26 heavy (non-hydrogen) atoms. The van der Waals surface area contributed by atoms with Gasteiger partial charge in [0.1, 0.15) is 0 Å². The van der Waals surface area contributed by atoms with Crippen LogP contribution >= 0.6 is 11.8 Å². The van der Waals surface area contributed by atoms with Crippen LogP contribution in [0, 0.1) is 0 Å². The van der Waals surface area contributed by atoms with Crippen molar-refractivity contribution in [2.24, 2.45) is 0 Å². The summed E-state index contributed by atoms with van der Waals surface area (Å²) in [5.74, 6) is -0.236. The van der Waals surface area contributed by atoms with E-state index in [-0.39, 0.29) is 18.2 Å². The van der Waals surface area contributed by atoms with E-state index in [9.17, 15) is 9.59 Å². The van der Waals surface area contributed by atoms with E-state index in [4.69, 9.17) is 0 Å². The van der Waals surface area contributed by atoms with Crippen LogP contribution in [0.4, 0.5) is 5.69 Å². The van der Waals surface area contributed by atoms with E-state index in [0.29, 0.717) is 6.54 Å². The molecule has 0 fully saturated rings. The number of thioether (sulfide) groups is 1. The molecule has 1 unspecified atom stereocenters. The molecule has 0 saturated heterocycles. The Morgan fingerprint density at radius 1 is 1.00 bits per heavy atom. The van der Waals surface area contributed by atoms with E-state index in [0.717, 1.165) is 21.5 Å². The Balaban J connectivity index is 1.37. The van der Waals surface area contributed by atoms with Gasteiger partial charge in [0.15, 0.2) is 0 Å². The Kier molecular flexibility index (Phi) is 4.63. The number of carbonyl (C=O) groups is 2. The van der Waals surface area contributed by atoms with E-state index in [1.165, 1.54) is 17.1 Å². The van der Waals surface area contributed by atoms with E-state index in [1.807, 2.05) is 42.5 Å². The van der Waals surface area contributed by atoms with Crippen molar-refractivity contribution in [1.29, 1.82) is 0 Å². The summed E-state index contributed by atoms with van der Waals surface area (Å²) in [5, 5.41) is 7.72. The summed E-state index contributed by atoms with van der Waals surface area (Å²) in [5.41, 5.74) is 1.86. The van der Waals surface area contributed by atoms with Crippen LogP contribution in [0.1, 0.15) is 12.0 Å². The fourth-order valence-electron chi connectivity index (χ4n) is 3.02. The molecule has 130 valence electrons. The van der Waals surface area contributed by atoms with Gasteiger partial charge in [-0.2, -0.15) is 0 Å². The van der Waals surface area contributed by atoms with Crippen molar-refractivity contribution in [2.75, 3.05) is 5.32 Å². The highest BCUT2D eigenvalue weighted by Crippen LogP contribution is 2.36. The molecule has 0 aliphatic carbocycles. The van der Waals surface area contributed by atoms with Gasteiger partial charge in [-0.05, 0) is 34.5 Å². The van der Waals surface area contributed by atoms with Crippen LogP contribution in [-0.2, 0) is 16.1 Å². The van der Waals surface area contributed by atoms with Crippen molar-refractivity contribution in [1.82, 2.24) is 5.32 Å². The lowest BCUT2D eigenvalue weighted by atomic mass is 10.1. The average molecular weight is 362 g/mol. The number of amides is 2. The van der Waals surface area contributed by atoms with Gasteiger partial charge < -0.3 is 10.6 Å². The second-order valence-electron chi connectivity index (χ2n) is 6.25. The molecule has 0 radical (unpaired) electrons. The number of fused-ring (bicyclic) bond motifs is 2. The number of carbonyl (C=O) groups excluding carboxylic acids is 2. The van der Waals surface area contributed by atoms with Gasteiger partial charge in [0.25, 0.3) is 0 Å². The number of rotatable bonds is 4. The van der Waals surface area contributed by atoms with Crippen molar-refractivity contribution < 1.29 is 9.59 Å². The number of benzene rings is 3. The minimum atomic E-state index is -0.401. The minimum absolute atomic E-state index is 0.116. The Labute approximate surface area is 156 Å². The quantitative estimate of drug-likeness (QED) is 0.739. The number of hydrogen-bond donors (Lipinski definition) is 2. The van der Waals surface area contributed by atoms with E-state index in [1.54, 1.807) is 0 Å². The zero-order valence-electron chi connectivity index (χ0n) is 14.1. The molecule has 4 rings (SSSR count). The van der Waals surface area contributed by atoms with Crippen LogP contribution < -0.4 is 10.6 Å². The normalized spacial score (nSPS) is 16.0. The zero-order valence-corrected chi connectivity index (χ0v) is 14.9. The highest BCUT2D eigenvalue weighted by atomic mass is 32.2. The lowest BCUT2D eigenvalue weighted by molar-refractivity contribution is -0.124. The van der Waals surface area contributed by atoms with E-state index < -0.39 is 5.25 Å². The molecule has 5 heteroatoms. The molecule has 1 atom stereocenters. The van der Waals surface area contributed by atoms with Gasteiger partial charge in [0.05, 0.1) is 10.9 Å². The third kappa shape index (κ3) is 3.58.